The molecule has 0 unspecified atom stereocenters. The molecule has 8 N–H and O–H groups in total. The first-order valence-corrected chi connectivity index (χ1v) is 16.5. The molecule has 0 fully saturated rings. The van der Waals surface area contributed by atoms with Crippen molar-refractivity contribution in [3.8, 4) is 0 Å². The van der Waals surface area contributed by atoms with Gasteiger partial charge in [0, 0.05) is 105 Å². The van der Waals surface area contributed by atoms with Crippen LogP contribution in [0.1, 0.15) is 63.7 Å². The fourth-order valence-corrected chi connectivity index (χ4v) is 4.47. The van der Waals surface area contributed by atoms with Crippen molar-refractivity contribution < 1.29 is 65.8 Å². The summed E-state index contributed by atoms with van der Waals surface area (Å²) in [6.45, 7) is 0. The van der Waals surface area contributed by atoms with Crippen molar-refractivity contribution >= 4 is 84.4 Å². The molecule has 0 heterocycles. The minimum absolute atomic E-state index is 0. The molecule has 0 saturated carbocycles. The van der Waals surface area contributed by atoms with Crippen LogP contribution in [0.5, 0.6) is 0 Å². The Kier molecular flexibility index (Phi) is 30.1. The van der Waals surface area contributed by atoms with Gasteiger partial charge in [0.1, 0.15) is 23.3 Å². The minimum Gasteiger partial charge on any atom is -0.478 e. The monoisotopic (exact) mass is 966 g/mol. The minimum atomic E-state index is -1.01. The fraction of sp³-hybridized carbons (Fsp3) is 0.200. The second-order valence-electron chi connectivity index (χ2n) is 12.4. The van der Waals surface area contributed by atoms with Crippen molar-refractivity contribution in [1.82, 2.24) is 19.6 Å². The van der Waals surface area contributed by atoms with Gasteiger partial charge in [-0.05, 0) is 24.3 Å². The zero-order chi connectivity index (χ0) is 42.9. The topological polar surface area (TPSA) is 258 Å². The van der Waals surface area contributed by atoms with Crippen LogP contribution in [0.4, 0.5) is 0 Å². The third-order valence-corrected chi connectivity index (χ3v) is 7.44. The maximum absolute atomic E-state index is 10.8. The molecule has 20 heteroatoms. The van der Waals surface area contributed by atoms with Gasteiger partial charge in [-0.2, -0.15) is 0 Å². The van der Waals surface area contributed by atoms with E-state index in [0.29, 0.717) is 22.3 Å². The number of carboxylic acid groups (broad SMARTS) is 4. The van der Waals surface area contributed by atoms with Gasteiger partial charge in [0.25, 0.3) is 0 Å². The molecule has 0 bridgehead atoms. The van der Waals surface area contributed by atoms with Crippen LogP contribution in [0.3, 0.4) is 0 Å². The molecule has 0 saturated heterocycles. The van der Waals surface area contributed by atoms with Crippen LogP contribution in [0.25, 0.3) is 0 Å². The Bertz CT molecular complexity index is 1810. The molecule has 324 valence electrons. The van der Waals surface area contributed by atoms with Crippen molar-refractivity contribution in [2.75, 3.05) is 56.4 Å². The van der Waals surface area contributed by atoms with Crippen molar-refractivity contribution in [2.45, 2.75) is 0 Å². The molecule has 4 aromatic rings. The quantitative estimate of drug-likeness (QED) is 0.0710. The van der Waals surface area contributed by atoms with Gasteiger partial charge in [-0.25, -0.2) is 19.2 Å². The maximum atomic E-state index is 10.8. The standard InChI is InChI=1S/4C10H12N2O2.3ClH.Zr/c4*1-12(2)9(11)7-5-3-4-6-8(7)10(13)14;;;;/h4*3-6,11H,1-2H3,(H,13,14);3*1H;. The largest absolute Gasteiger partial charge is 0.478 e. The van der Waals surface area contributed by atoms with E-state index >= 15 is 0 Å². The zero-order valence-corrected chi connectivity index (χ0v) is 39.1. The molecule has 4 rings (SSSR count). The predicted molar refractivity (Wildman–Crippen MR) is 237 cm³/mol. The maximum Gasteiger partial charge on any atom is 0.336 e. The summed E-state index contributed by atoms with van der Waals surface area (Å²) in [5.41, 5.74) is 2.37. The first kappa shape index (κ1) is 61.1. The van der Waals surface area contributed by atoms with Gasteiger partial charge in [0.2, 0.25) is 0 Å². The Labute approximate surface area is 387 Å². The molecule has 4 aromatic carbocycles. The van der Waals surface area contributed by atoms with Gasteiger partial charge in [0.15, 0.2) is 0 Å². The molecule has 0 amide bonds. The third kappa shape index (κ3) is 18.5. The van der Waals surface area contributed by atoms with Crippen LogP contribution in [0.2, 0.25) is 0 Å². The number of halogens is 3. The van der Waals surface area contributed by atoms with Crippen LogP contribution in [-0.4, -0.2) is 144 Å². The van der Waals surface area contributed by atoms with E-state index in [4.69, 9.17) is 42.1 Å². The summed E-state index contributed by atoms with van der Waals surface area (Å²) in [5, 5.41) is 66.2. The van der Waals surface area contributed by atoms with Gasteiger partial charge in [0.05, 0.1) is 22.3 Å². The van der Waals surface area contributed by atoms with Crippen molar-refractivity contribution in [1.29, 1.82) is 21.6 Å². The van der Waals surface area contributed by atoms with E-state index in [1.54, 1.807) is 149 Å². The van der Waals surface area contributed by atoms with E-state index in [9.17, 15) is 19.2 Å². The van der Waals surface area contributed by atoms with Gasteiger partial charge >= 0.3 is 23.9 Å². The summed E-state index contributed by atoms with van der Waals surface area (Å²) >= 11 is 0. The summed E-state index contributed by atoms with van der Waals surface area (Å²) < 4.78 is 0. The Morgan fingerprint density at radius 2 is 0.450 bits per heavy atom. The number of nitrogens with zero attached hydrogens (tertiary/aromatic N) is 4. The van der Waals surface area contributed by atoms with Crippen LogP contribution in [-0.2, 0) is 26.2 Å². The van der Waals surface area contributed by atoms with Crippen molar-refractivity contribution in [2.24, 2.45) is 0 Å². The van der Waals surface area contributed by atoms with E-state index < -0.39 is 23.9 Å². The van der Waals surface area contributed by atoms with Crippen molar-refractivity contribution in [3.63, 3.8) is 0 Å². The van der Waals surface area contributed by atoms with E-state index in [1.165, 1.54) is 24.3 Å². The van der Waals surface area contributed by atoms with Crippen LogP contribution < -0.4 is 0 Å². The summed E-state index contributed by atoms with van der Waals surface area (Å²) in [6, 6.07) is 26.0. The molecule has 0 aliphatic heterocycles. The van der Waals surface area contributed by atoms with Gasteiger partial charge < -0.3 is 40.0 Å². The normalized spacial score (nSPS) is 8.93. The second kappa shape index (κ2) is 29.6. The first-order valence-electron chi connectivity index (χ1n) is 16.5. The summed E-state index contributed by atoms with van der Waals surface area (Å²) in [7, 11) is 13.7. The smallest absolute Gasteiger partial charge is 0.336 e. The van der Waals surface area contributed by atoms with Crippen LogP contribution >= 0.6 is 37.2 Å². The Hall–Kier alpha value is -5.61. The molecule has 0 radical (unpaired) electrons. The molecule has 0 aliphatic rings. The first-order chi connectivity index (χ1) is 26.1. The second-order valence-corrected chi connectivity index (χ2v) is 12.4. The zero-order valence-electron chi connectivity index (χ0n) is 34.2. The van der Waals surface area contributed by atoms with Gasteiger partial charge in [-0.3, -0.25) is 21.6 Å². The number of amidine groups is 4. The van der Waals surface area contributed by atoms with Crippen LogP contribution in [0, 0.1) is 21.6 Å². The van der Waals surface area contributed by atoms with Crippen LogP contribution in [0.15, 0.2) is 97.1 Å². The number of aromatic carboxylic acids is 4. The number of hydrogen-bond donors (Lipinski definition) is 8. The third-order valence-electron chi connectivity index (χ3n) is 7.44. The average molecular weight is 969 g/mol. The molecule has 16 nitrogen and oxygen atoms in total. The molecule has 0 aromatic heterocycles. The fourth-order valence-electron chi connectivity index (χ4n) is 4.47. The Morgan fingerprint density at radius 3 is 0.550 bits per heavy atom. The van der Waals surface area contributed by atoms with E-state index in [0.717, 1.165) is 0 Å². The molecule has 0 aliphatic carbocycles. The number of carbonyl (C=O) groups is 4. The molecular formula is C40H51Cl3N8O8Zr. The summed E-state index contributed by atoms with van der Waals surface area (Å²) in [6.07, 6.45) is 0. The number of rotatable bonds is 8. The number of nitrogens with one attached hydrogen (secondary N) is 4. The van der Waals surface area contributed by atoms with Crippen molar-refractivity contribution in [3.05, 3.63) is 142 Å². The Balaban J connectivity index is -0.000000341. The summed E-state index contributed by atoms with van der Waals surface area (Å²) in [5.74, 6) is -3.24. The number of benzene rings is 4. The number of hydrogen-bond acceptors (Lipinski definition) is 8. The van der Waals surface area contributed by atoms with E-state index in [1.807, 2.05) is 0 Å². The SMILES string of the molecule is CN(C)C(=N)c1ccccc1C(=O)O.CN(C)C(=N)c1ccccc1C(=O)O.CN(C)C(=N)c1ccccc1C(=O)O.CN(C)C(=N)c1ccccc1C(=O)O.Cl.Cl.Cl.[Zr]. The number of carboxylic acids is 4. The predicted octanol–water partition coefficient (Wildman–Crippen LogP) is 6.35. The molecule has 0 atom stereocenters. The molecule has 60 heavy (non-hydrogen) atoms. The Morgan fingerprint density at radius 1 is 0.333 bits per heavy atom. The van der Waals surface area contributed by atoms with E-state index in [2.05, 4.69) is 0 Å². The van der Waals surface area contributed by atoms with Gasteiger partial charge in [-0.1, -0.05) is 72.8 Å². The molecule has 0 spiro atoms. The summed E-state index contributed by atoms with van der Waals surface area (Å²) in [4.78, 5) is 49.6. The average Bonchev–Trinajstić information content (AvgIpc) is 3.17. The molecular weight excluding hydrogens is 918 g/mol. The van der Waals surface area contributed by atoms with E-state index in [-0.39, 0.29) is 109 Å². The van der Waals surface area contributed by atoms with Gasteiger partial charge in [-0.15, -0.1) is 37.2 Å².